The molecule has 0 radical (unpaired) electrons. The van der Waals surface area contributed by atoms with Gasteiger partial charge in [0.05, 0.1) is 21.8 Å². The van der Waals surface area contributed by atoms with Crippen molar-refractivity contribution in [1.82, 2.24) is 20.1 Å². The predicted molar refractivity (Wildman–Crippen MR) is 132 cm³/mol. The van der Waals surface area contributed by atoms with Crippen molar-refractivity contribution >= 4 is 62.6 Å². The molecule has 168 valence electrons. The molecule has 1 atom stereocenters. The van der Waals surface area contributed by atoms with E-state index in [0.717, 1.165) is 4.47 Å². The van der Waals surface area contributed by atoms with Crippen LogP contribution >= 0.6 is 50.9 Å². The number of thioether (sulfide) groups is 1. The van der Waals surface area contributed by atoms with Gasteiger partial charge in [0.25, 0.3) is 5.91 Å². The number of benzene rings is 2. The number of hydrogen-bond donors (Lipinski definition) is 1. The van der Waals surface area contributed by atoms with Crippen molar-refractivity contribution in [2.24, 2.45) is 13.0 Å². The predicted octanol–water partition coefficient (Wildman–Crippen LogP) is 5.99. The number of carbonyl (C=O) groups is 2. The molecule has 3 rings (SSSR count). The number of nitrogens with one attached hydrogen (secondary N) is 1. The van der Waals surface area contributed by atoms with Crippen LogP contribution < -0.4 is 5.32 Å². The van der Waals surface area contributed by atoms with Gasteiger partial charge in [-0.2, -0.15) is 0 Å². The lowest BCUT2D eigenvalue weighted by Crippen LogP contribution is -2.33. The number of halogens is 3. The summed E-state index contributed by atoms with van der Waals surface area (Å²) < 4.78 is 2.72. The van der Waals surface area contributed by atoms with Crippen LogP contribution in [0.25, 0.3) is 0 Å². The topological polar surface area (TPSA) is 76.9 Å². The minimum Gasteiger partial charge on any atom is -0.342 e. The van der Waals surface area contributed by atoms with E-state index in [2.05, 4.69) is 31.4 Å². The van der Waals surface area contributed by atoms with Crippen LogP contribution in [0.15, 0.2) is 52.1 Å². The molecular weight excluding hydrogens is 535 g/mol. The van der Waals surface area contributed by atoms with Gasteiger partial charge in [-0.25, -0.2) is 0 Å². The van der Waals surface area contributed by atoms with Crippen LogP contribution in [0.2, 0.25) is 10.0 Å². The first-order valence-corrected chi connectivity index (χ1v) is 12.3. The van der Waals surface area contributed by atoms with Gasteiger partial charge in [-0.1, -0.05) is 76.9 Å². The molecule has 0 fully saturated rings. The standard InChI is InChI=1S/C22H21BrCl2N4O2S/c1-12(2)19(26-21(31)14-6-9-16(24)17(25)10-14)20-27-28-22(29(20)3)32-11-18(30)13-4-7-15(23)8-5-13/h4-10,12,19H,11H2,1-3H3,(H,26,31)/t19-/m0/s1. The summed E-state index contributed by atoms with van der Waals surface area (Å²) in [6.07, 6.45) is 0. The average Bonchev–Trinajstić information content (AvgIpc) is 3.12. The quantitative estimate of drug-likeness (QED) is 0.273. The summed E-state index contributed by atoms with van der Waals surface area (Å²) in [5.41, 5.74) is 1.04. The van der Waals surface area contributed by atoms with Crippen molar-refractivity contribution < 1.29 is 9.59 Å². The van der Waals surface area contributed by atoms with E-state index in [0.29, 0.717) is 32.2 Å². The highest BCUT2D eigenvalue weighted by Crippen LogP contribution is 2.26. The fourth-order valence-corrected chi connectivity index (χ4v) is 4.34. The van der Waals surface area contributed by atoms with E-state index < -0.39 is 0 Å². The second-order valence-corrected chi connectivity index (χ2v) is 10.1. The van der Waals surface area contributed by atoms with Crippen molar-refractivity contribution in [3.05, 3.63) is 73.9 Å². The molecule has 1 N–H and O–H groups in total. The molecule has 1 aromatic heterocycles. The fraction of sp³-hybridized carbons (Fsp3) is 0.273. The summed E-state index contributed by atoms with van der Waals surface area (Å²) in [7, 11) is 1.82. The summed E-state index contributed by atoms with van der Waals surface area (Å²) >= 11 is 16.7. The first-order chi connectivity index (χ1) is 15.2. The maximum Gasteiger partial charge on any atom is 0.251 e. The Kier molecular flexibility index (Phi) is 8.38. The maximum atomic E-state index is 12.8. The van der Waals surface area contributed by atoms with Gasteiger partial charge in [0.15, 0.2) is 16.8 Å². The Morgan fingerprint density at radius 3 is 2.34 bits per heavy atom. The van der Waals surface area contributed by atoms with Crippen LogP contribution in [-0.4, -0.2) is 32.2 Å². The summed E-state index contributed by atoms with van der Waals surface area (Å²) in [5.74, 6) is 0.597. The van der Waals surface area contributed by atoms with Gasteiger partial charge in [-0.15, -0.1) is 10.2 Å². The molecule has 1 heterocycles. The molecule has 0 unspecified atom stereocenters. The Morgan fingerprint density at radius 2 is 1.72 bits per heavy atom. The molecule has 10 heteroatoms. The van der Waals surface area contributed by atoms with E-state index in [1.807, 2.05) is 33.0 Å². The summed E-state index contributed by atoms with van der Waals surface area (Å²) in [4.78, 5) is 25.3. The smallest absolute Gasteiger partial charge is 0.251 e. The molecule has 0 aliphatic carbocycles. The number of hydrogen-bond acceptors (Lipinski definition) is 5. The van der Waals surface area contributed by atoms with Gasteiger partial charge in [-0.05, 0) is 36.2 Å². The highest BCUT2D eigenvalue weighted by Gasteiger charge is 2.25. The van der Waals surface area contributed by atoms with Gasteiger partial charge < -0.3 is 9.88 Å². The molecule has 6 nitrogen and oxygen atoms in total. The van der Waals surface area contributed by atoms with Gasteiger partial charge in [0.1, 0.15) is 0 Å². The Morgan fingerprint density at radius 1 is 1.06 bits per heavy atom. The molecule has 0 aliphatic rings. The molecule has 1 amide bonds. The van der Waals surface area contributed by atoms with Crippen LogP contribution in [0.1, 0.15) is 46.4 Å². The monoisotopic (exact) mass is 554 g/mol. The second kappa shape index (κ2) is 10.8. The number of ketones is 1. The zero-order valence-electron chi connectivity index (χ0n) is 17.6. The summed E-state index contributed by atoms with van der Waals surface area (Å²) in [5, 5.41) is 12.8. The zero-order chi connectivity index (χ0) is 23.4. The van der Waals surface area contributed by atoms with E-state index in [-0.39, 0.29) is 29.4 Å². The fourth-order valence-electron chi connectivity index (χ4n) is 2.96. The van der Waals surface area contributed by atoms with E-state index in [1.165, 1.54) is 17.8 Å². The van der Waals surface area contributed by atoms with Crippen LogP contribution in [0.4, 0.5) is 0 Å². The lowest BCUT2D eigenvalue weighted by molar-refractivity contribution is 0.0921. The number of carbonyl (C=O) groups excluding carboxylic acids is 2. The van der Waals surface area contributed by atoms with Gasteiger partial charge in [-0.3, -0.25) is 9.59 Å². The van der Waals surface area contributed by atoms with Gasteiger partial charge in [0.2, 0.25) is 0 Å². The van der Waals surface area contributed by atoms with Crippen molar-refractivity contribution in [2.75, 3.05) is 5.75 Å². The van der Waals surface area contributed by atoms with Crippen molar-refractivity contribution in [1.29, 1.82) is 0 Å². The van der Waals surface area contributed by atoms with Crippen molar-refractivity contribution in [3.63, 3.8) is 0 Å². The summed E-state index contributed by atoms with van der Waals surface area (Å²) in [6, 6.07) is 11.6. The minimum absolute atomic E-state index is 0.000351. The first-order valence-electron chi connectivity index (χ1n) is 9.74. The third kappa shape index (κ3) is 5.92. The molecule has 32 heavy (non-hydrogen) atoms. The van der Waals surface area contributed by atoms with Crippen molar-refractivity contribution in [2.45, 2.75) is 25.0 Å². The SMILES string of the molecule is CC(C)[C@H](NC(=O)c1ccc(Cl)c(Cl)c1)c1nnc(SCC(=O)c2ccc(Br)cc2)n1C. The first kappa shape index (κ1) is 24.8. The van der Waals surface area contributed by atoms with E-state index in [1.54, 1.807) is 28.8 Å². The normalized spacial score (nSPS) is 12.1. The second-order valence-electron chi connectivity index (χ2n) is 7.44. The summed E-state index contributed by atoms with van der Waals surface area (Å²) in [6.45, 7) is 3.97. The molecule has 3 aromatic rings. The van der Waals surface area contributed by atoms with Gasteiger partial charge >= 0.3 is 0 Å². The molecular formula is C22H21BrCl2N4O2S. The Balaban J connectivity index is 1.72. The minimum atomic E-state index is -0.383. The third-order valence-electron chi connectivity index (χ3n) is 4.78. The number of Topliss-reactive ketones (excluding diaryl/α,β-unsaturated/α-hetero) is 1. The largest absolute Gasteiger partial charge is 0.342 e. The zero-order valence-corrected chi connectivity index (χ0v) is 21.5. The molecule has 0 bridgehead atoms. The van der Waals surface area contributed by atoms with E-state index >= 15 is 0 Å². The molecule has 0 saturated heterocycles. The number of amides is 1. The third-order valence-corrected chi connectivity index (χ3v) is 7.07. The lowest BCUT2D eigenvalue weighted by atomic mass is 10.0. The number of aromatic nitrogens is 3. The van der Waals surface area contributed by atoms with Crippen LogP contribution in [0.3, 0.4) is 0 Å². The molecule has 2 aromatic carbocycles. The number of rotatable bonds is 8. The number of nitrogens with zero attached hydrogens (tertiary/aromatic N) is 3. The van der Waals surface area contributed by atoms with Crippen molar-refractivity contribution in [3.8, 4) is 0 Å². The molecule has 0 saturated carbocycles. The molecule has 0 aliphatic heterocycles. The van der Waals surface area contributed by atoms with Crippen LogP contribution in [0.5, 0.6) is 0 Å². The Hall–Kier alpha value is -1.87. The average molecular weight is 556 g/mol. The lowest BCUT2D eigenvalue weighted by Gasteiger charge is -2.22. The highest BCUT2D eigenvalue weighted by atomic mass is 79.9. The highest BCUT2D eigenvalue weighted by molar-refractivity contribution is 9.10. The maximum absolute atomic E-state index is 12.8. The Labute approximate surface area is 209 Å². The molecule has 0 spiro atoms. The van der Waals surface area contributed by atoms with Crippen LogP contribution in [-0.2, 0) is 7.05 Å². The van der Waals surface area contributed by atoms with E-state index in [4.69, 9.17) is 23.2 Å². The Bertz CT molecular complexity index is 1140. The van der Waals surface area contributed by atoms with E-state index in [9.17, 15) is 9.59 Å². The van der Waals surface area contributed by atoms with Crippen LogP contribution in [0, 0.1) is 5.92 Å². The van der Waals surface area contributed by atoms with Gasteiger partial charge in [0, 0.05) is 22.6 Å².